The molecule has 4 heteroatoms. The quantitative estimate of drug-likeness (QED) is 0.737. The average molecular weight is 246 g/mol. The molecule has 1 aliphatic carbocycles. The molecule has 1 heterocycles. The molecule has 1 aromatic carbocycles. The van der Waals surface area contributed by atoms with Gasteiger partial charge < -0.3 is 15.7 Å². The highest BCUT2D eigenvalue weighted by Crippen LogP contribution is 2.36. The Balaban J connectivity index is 1.87. The van der Waals surface area contributed by atoms with Crippen molar-refractivity contribution in [3.05, 3.63) is 23.8 Å². The van der Waals surface area contributed by atoms with E-state index in [2.05, 4.69) is 0 Å². The Morgan fingerprint density at radius 1 is 1.22 bits per heavy atom. The monoisotopic (exact) mass is 246 g/mol. The van der Waals surface area contributed by atoms with Gasteiger partial charge in [0, 0.05) is 17.4 Å². The molecule has 3 rings (SSSR count). The highest BCUT2D eigenvalue weighted by atomic mass is 16.3. The lowest BCUT2D eigenvalue weighted by molar-refractivity contribution is -0.118. The molecule has 0 aromatic heterocycles. The molecule has 96 valence electrons. The summed E-state index contributed by atoms with van der Waals surface area (Å²) >= 11 is 0. The normalized spacial score (nSPS) is 27.4. The van der Waals surface area contributed by atoms with Crippen LogP contribution in [0.4, 0.5) is 11.4 Å². The van der Waals surface area contributed by atoms with E-state index in [4.69, 9.17) is 5.73 Å². The van der Waals surface area contributed by atoms with E-state index in [1.54, 1.807) is 0 Å². The first-order chi connectivity index (χ1) is 8.65. The van der Waals surface area contributed by atoms with Crippen LogP contribution in [0, 0.1) is 0 Å². The summed E-state index contributed by atoms with van der Waals surface area (Å²) < 4.78 is 0. The number of aliphatic hydroxyl groups is 1. The number of benzene rings is 1. The fraction of sp³-hybridized carbons (Fsp3) is 0.500. The van der Waals surface area contributed by atoms with Crippen LogP contribution >= 0.6 is 0 Å². The van der Waals surface area contributed by atoms with Crippen molar-refractivity contribution in [3.8, 4) is 0 Å². The van der Waals surface area contributed by atoms with E-state index in [-0.39, 0.29) is 18.1 Å². The molecule has 1 fully saturated rings. The van der Waals surface area contributed by atoms with E-state index in [1.165, 1.54) is 0 Å². The van der Waals surface area contributed by atoms with Gasteiger partial charge in [-0.1, -0.05) is 0 Å². The zero-order valence-corrected chi connectivity index (χ0v) is 10.3. The van der Waals surface area contributed by atoms with E-state index in [0.29, 0.717) is 12.1 Å². The molecule has 0 spiro atoms. The third-order valence-electron chi connectivity index (χ3n) is 4.00. The second-order valence-corrected chi connectivity index (χ2v) is 5.29. The number of carbonyl (C=O) groups is 1. The Hall–Kier alpha value is -1.55. The number of nitrogens with two attached hydrogens (primary N) is 1. The van der Waals surface area contributed by atoms with Crippen molar-refractivity contribution < 1.29 is 9.90 Å². The number of aliphatic hydroxyl groups excluding tert-OH is 1. The van der Waals surface area contributed by atoms with E-state index >= 15 is 0 Å². The van der Waals surface area contributed by atoms with Gasteiger partial charge in [-0.05, 0) is 49.4 Å². The molecule has 1 aromatic rings. The molecule has 2 aliphatic rings. The number of carbonyl (C=O) groups excluding carboxylic acids is 1. The lowest BCUT2D eigenvalue weighted by Crippen LogP contribution is -2.41. The van der Waals surface area contributed by atoms with Gasteiger partial charge in [0.05, 0.1) is 12.5 Å². The Labute approximate surface area is 106 Å². The molecule has 0 radical (unpaired) electrons. The third-order valence-corrected chi connectivity index (χ3v) is 4.00. The minimum absolute atomic E-state index is 0.164. The molecular weight excluding hydrogens is 228 g/mol. The number of amides is 1. The fourth-order valence-electron chi connectivity index (χ4n) is 3.08. The number of nitrogens with zero attached hydrogens (tertiary/aromatic N) is 1. The Bertz CT molecular complexity index is 479. The maximum absolute atomic E-state index is 12.1. The smallest absolute Gasteiger partial charge is 0.231 e. The molecule has 0 bridgehead atoms. The summed E-state index contributed by atoms with van der Waals surface area (Å²) in [6.45, 7) is 0. The molecule has 1 saturated carbocycles. The van der Waals surface area contributed by atoms with Crippen molar-refractivity contribution in [3.63, 3.8) is 0 Å². The first kappa shape index (κ1) is 11.5. The van der Waals surface area contributed by atoms with Crippen LogP contribution in [-0.2, 0) is 11.2 Å². The van der Waals surface area contributed by atoms with Gasteiger partial charge in [0.25, 0.3) is 0 Å². The Morgan fingerprint density at radius 2 is 1.94 bits per heavy atom. The summed E-state index contributed by atoms with van der Waals surface area (Å²) in [5, 5.41) is 9.55. The largest absolute Gasteiger partial charge is 0.399 e. The third kappa shape index (κ3) is 1.86. The molecule has 18 heavy (non-hydrogen) atoms. The van der Waals surface area contributed by atoms with Crippen molar-refractivity contribution in [1.29, 1.82) is 0 Å². The standard InChI is InChI=1S/C14H18N2O2/c15-10-1-6-13-9(7-10)8-14(18)16(13)11-2-4-12(17)5-3-11/h1,6-7,11-12,17H,2-5,8,15H2. The van der Waals surface area contributed by atoms with Gasteiger partial charge in [-0.25, -0.2) is 0 Å². The van der Waals surface area contributed by atoms with Crippen LogP contribution in [0.5, 0.6) is 0 Å². The molecular formula is C14H18N2O2. The summed E-state index contributed by atoms with van der Waals surface area (Å²) in [7, 11) is 0. The van der Waals surface area contributed by atoms with Crippen molar-refractivity contribution in [2.24, 2.45) is 0 Å². The van der Waals surface area contributed by atoms with E-state index in [1.807, 2.05) is 23.1 Å². The number of hydrogen-bond donors (Lipinski definition) is 2. The van der Waals surface area contributed by atoms with Crippen molar-refractivity contribution in [1.82, 2.24) is 0 Å². The number of anilines is 2. The molecule has 0 unspecified atom stereocenters. The van der Waals surface area contributed by atoms with E-state index in [9.17, 15) is 9.90 Å². The van der Waals surface area contributed by atoms with Gasteiger partial charge in [0.15, 0.2) is 0 Å². The molecule has 0 saturated heterocycles. The van der Waals surface area contributed by atoms with Crippen LogP contribution in [0.25, 0.3) is 0 Å². The Kier molecular flexibility index (Phi) is 2.74. The average Bonchev–Trinajstić information content (AvgIpc) is 2.65. The summed E-state index contributed by atoms with van der Waals surface area (Å²) in [6, 6.07) is 5.93. The van der Waals surface area contributed by atoms with Crippen molar-refractivity contribution >= 4 is 17.3 Å². The van der Waals surface area contributed by atoms with Crippen LogP contribution < -0.4 is 10.6 Å². The second kappa shape index (κ2) is 4.28. The van der Waals surface area contributed by atoms with Gasteiger partial charge in [0.2, 0.25) is 5.91 Å². The van der Waals surface area contributed by atoms with Crippen LogP contribution in [0.3, 0.4) is 0 Å². The van der Waals surface area contributed by atoms with Gasteiger partial charge in [-0.3, -0.25) is 4.79 Å². The van der Waals surface area contributed by atoms with Gasteiger partial charge in [-0.15, -0.1) is 0 Å². The fourth-order valence-corrected chi connectivity index (χ4v) is 3.08. The predicted octanol–water partition coefficient (Wildman–Crippen LogP) is 1.46. The number of fused-ring (bicyclic) bond motifs is 1. The SMILES string of the molecule is Nc1ccc2c(c1)CC(=O)N2C1CCC(O)CC1. The molecule has 0 atom stereocenters. The summed E-state index contributed by atoms with van der Waals surface area (Å²) in [4.78, 5) is 14.1. The molecule has 1 amide bonds. The summed E-state index contributed by atoms with van der Waals surface area (Å²) in [5.74, 6) is 0.164. The first-order valence-corrected chi connectivity index (χ1v) is 6.53. The number of hydrogen-bond acceptors (Lipinski definition) is 3. The predicted molar refractivity (Wildman–Crippen MR) is 70.3 cm³/mol. The lowest BCUT2D eigenvalue weighted by atomic mass is 9.92. The zero-order chi connectivity index (χ0) is 12.7. The van der Waals surface area contributed by atoms with Gasteiger partial charge in [-0.2, -0.15) is 0 Å². The highest BCUT2D eigenvalue weighted by molar-refractivity contribution is 6.02. The van der Waals surface area contributed by atoms with E-state index < -0.39 is 0 Å². The number of nitrogen functional groups attached to an aromatic ring is 1. The van der Waals surface area contributed by atoms with Crippen LogP contribution in [0.2, 0.25) is 0 Å². The molecule has 3 N–H and O–H groups in total. The molecule has 4 nitrogen and oxygen atoms in total. The minimum atomic E-state index is -0.190. The van der Waals surface area contributed by atoms with Crippen molar-refractivity contribution in [2.45, 2.75) is 44.2 Å². The van der Waals surface area contributed by atoms with Crippen LogP contribution in [0.15, 0.2) is 18.2 Å². The first-order valence-electron chi connectivity index (χ1n) is 6.53. The summed E-state index contributed by atoms with van der Waals surface area (Å²) in [6.07, 6.45) is 3.62. The maximum Gasteiger partial charge on any atom is 0.231 e. The van der Waals surface area contributed by atoms with Gasteiger partial charge in [0.1, 0.15) is 0 Å². The minimum Gasteiger partial charge on any atom is -0.399 e. The second-order valence-electron chi connectivity index (χ2n) is 5.29. The zero-order valence-electron chi connectivity index (χ0n) is 10.3. The lowest BCUT2D eigenvalue weighted by Gasteiger charge is -2.33. The van der Waals surface area contributed by atoms with Crippen LogP contribution in [-0.4, -0.2) is 23.2 Å². The number of rotatable bonds is 1. The van der Waals surface area contributed by atoms with Gasteiger partial charge >= 0.3 is 0 Å². The Morgan fingerprint density at radius 3 is 2.67 bits per heavy atom. The molecule has 1 aliphatic heterocycles. The van der Waals surface area contributed by atoms with E-state index in [0.717, 1.165) is 36.9 Å². The van der Waals surface area contributed by atoms with Crippen LogP contribution in [0.1, 0.15) is 31.2 Å². The maximum atomic E-state index is 12.1. The van der Waals surface area contributed by atoms with Crippen molar-refractivity contribution in [2.75, 3.05) is 10.6 Å². The topological polar surface area (TPSA) is 66.6 Å². The summed E-state index contributed by atoms with van der Waals surface area (Å²) in [5.41, 5.74) is 8.51. The highest BCUT2D eigenvalue weighted by Gasteiger charge is 2.34.